The highest BCUT2D eigenvalue weighted by molar-refractivity contribution is 5.81. The van der Waals surface area contributed by atoms with E-state index in [4.69, 9.17) is 11.5 Å². The van der Waals surface area contributed by atoms with Crippen molar-refractivity contribution < 1.29 is 4.79 Å². The van der Waals surface area contributed by atoms with Crippen molar-refractivity contribution in [2.24, 2.45) is 11.5 Å². The topological polar surface area (TPSA) is 72.3 Å². The first-order chi connectivity index (χ1) is 6.61. The van der Waals surface area contributed by atoms with Crippen molar-refractivity contribution in [1.82, 2.24) is 4.90 Å². The van der Waals surface area contributed by atoms with E-state index in [2.05, 4.69) is 0 Å². The fourth-order valence-electron chi connectivity index (χ4n) is 1.85. The van der Waals surface area contributed by atoms with Crippen LogP contribution >= 0.6 is 0 Å². The molecule has 4 N–H and O–H groups in total. The molecule has 0 aliphatic carbocycles. The Kier molecular flexibility index (Phi) is 4.35. The minimum absolute atomic E-state index is 0.00117. The molecule has 0 aromatic rings. The number of carbonyl (C=O) groups is 1. The van der Waals surface area contributed by atoms with Gasteiger partial charge in [0, 0.05) is 19.1 Å². The third-order valence-corrected chi connectivity index (χ3v) is 2.61. The first kappa shape index (κ1) is 11.5. The summed E-state index contributed by atoms with van der Waals surface area (Å²) < 4.78 is 0. The molecule has 1 aliphatic heterocycles. The zero-order valence-corrected chi connectivity index (χ0v) is 8.91. The van der Waals surface area contributed by atoms with Gasteiger partial charge in [-0.2, -0.15) is 0 Å². The summed E-state index contributed by atoms with van der Waals surface area (Å²) in [6.07, 6.45) is 4.02. The van der Waals surface area contributed by atoms with Gasteiger partial charge in [0.1, 0.15) is 0 Å². The van der Waals surface area contributed by atoms with Crippen LogP contribution in [-0.4, -0.2) is 36.0 Å². The Morgan fingerprint density at radius 2 is 1.86 bits per heavy atom. The zero-order chi connectivity index (χ0) is 10.6. The predicted octanol–water partition coefficient (Wildman–Crippen LogP) is 0.0635. The molecule has 0 bridgehead atoms. The molecule has 4 nitrogen and oxygen atoms in total. The second-order valence-corrected chi connectivity index (χ2v) is 4.21. The Hall–Kier alpha value is -0.610. The van der Waals surface area contributed by atoms with Crippen LogP contribution in [0.3, 0.4) is 0 Å². The van der Waals surface area contributed by atoms with E-state index in [1.165, 1.54) is 6.42 Å². The first-order valence-corrected chi connectivity index (χ1v) is 5.41. The van der Waals surface area contributed by atoms with Gasteiger partial charge in [-0.1, -0.05) is 0 Å². The SMILES string of the molecule is CC(N)C[C@H](N)C(=O)N1CCCCC1. The Balaban J connectivity index is 2.38. The molecule has 1 rings (SSSR count). The number of hydrogen-bond donors (Lipinski definition) is 2. The van der Waals surface area contributed by atoms with Gasteiger partial charge < -0.3 is 16.4 Å². The molecular formula is C10H21N3O. The van der Waals surface area contributed by atoms with Gasteiger partial charge in [-0.15, -0.1) is 0 Å². The van der Waals surface area contributed by atoms with Crippen LogP contribution in [0.5, 0.6) is 0 Å². The maximum absolute atomic E-state index is 11.8. The minimum Gasteiger partial charge on any atom is -0.341 e. The number of rotatable bonds is 3. The van der Waals surface area contributed by atoms with Crippen molar-refractivity contribution in [2.45, 2.75) is 44.7 Å². The van der Waals surface area contributed by atoms with Crippen molar-refractivity contribution in [2.75, 3.05) is 13.1 Å². The molecule has 14 heavy (non-hydrogen) atoms. The highest BCUT2D eigenvalue weighted by Gasteiger charge is 2.22. The molecule has 4 heteroatoms. The Morgan fingerprint density at radius 3 is 2.36 bits per heavy atom. The molecule has 1 unspecified atom stereocenters. The van der Waals surface area contributed by atoms with Gasteiger partial charge in [0.05, 0.1) is 6.04 Å². The number of piperidine rings is 1. The lowest BCUT2D eigenvalue weighted by Crippen LogP contribution is -2.47. The average Bonchev–Trinajstić information content (AvgIpc) is 2.17. The van der Waals surface area contributed by atoms with E-state index in [0.29, 0.717) is 6.42 Å². The number of carbonyl (C=O) groups excluding carboxylic acids is 1. The van der Waals surface area contributed by atoms with Crippen LogP contribution in [0.2, 0.25) is 0 Å². The second kappa shape index (κ2) is 5.32. The van der Waals surface area contributed by atoms with Gasteiger partial charge in [-0.05, 0) is 32.6 Å². The molecule has 1 fully saturated rings. The first-order valence-electron chi connectivity index (χ1n) is 5.41. The molecule has 1 amide bonds. The molecule has 0 saturated carbocycles. The van der Waals surface area contributed by atoms with Gasteiger partial charge >= 0.3 is 0 Å². The standard InChI is InChI=1S/C10H21N3O/c1-8(11)7-9(12)10(14)13-5-3-2-4-6-13/h8-9H,2-7,11-12H2,1H3/t8?,9-/m0/s1. The lowest BCUT2D eigenvalue weighted by atomic mass is 10.1. The molecular weight excluding hydrogens is 178 g/mol. The number of amides is 1. The number of nitrogens with zero attached hydrogens (tertiary/aromatic N) is 1. The van der Waals surface area contributed by atoms with Crippen molar-refractivity contribution >= 4 is 5.91 Å². The summed E-state index contributed by atoms with van der Waals surface area (Å²) in [6, 6.07) is -0.410. The van der Waals surface area contributed by atoms with E-state index in [1.807, 2.05) is 11.8 Å². The van der Waals surface area contributed by atoms with Crippen LogP contribution < -0.4 is 11.5 Å². The Bertz CT molecular complexity index is 188. The number of hydrogen-bond acceptors (Lipinski definition) is 3. The smallest absolute Gasteiger partial charge is 0.239 e. The highest BCUT2D eigenvalue weighted by Crippen LogP contribution is 2.10. The van der Waals surface area contributed by atoms with Gasteiger partial charge in [0.25, 0.3) is 0 Å². The predicted molar refractivity (Wildman–Crippen MR) is 56.7 cm³/mol. The quantitative estimate of drug-likeness (QED) is 0.675. The molecule has 2 atom stereocenters. The van der Waals surface area contributed by atoms with Gasteiger partial charge in [0.2, 0.25) is 5.91 Å². The van der Waals surface area contributed by atoms with Crippen molar-refractivity contribution in [3.8, 4) is 0 Å². The number of likely N-dealkylation sites (tertiary alicyclic amines) is 1. The maximum Gasteiger partial charge on any atom is 0.239 e. The molecule has 1 heterocycles. The van der Waals surface area contributed by atoms with Crippen molar-refractivity contribution in [3.63, 3.8) is 0 Å². The van der Waals surface area contributed by atoms with Crippen LogP contribution in [0.4, 0.5) is 0 Å². The summed E-state index contributed by atoms with van der Waals surface area (Å²) in [5.74, 6) is 0.0713. The van der Waals surface area contributed by atoms with Crippen molar-refractivity contribution in [3.05, 3.63) is 0 Å². The summed E-state index contributed by atoms with van der Waals surface area (Å²) in [7, 11) is 0. The summed E-state index contributed by atoms with van der Waals surface area (Å²) in [5, 5.41) is 0. The van der Waals surface area contributed by atoms with Gasteiger partial charge in [-0.3, -0.25) is 4.79 Å². The molecule has 1 aliphatic rings. The summed E-state index contributed by atoms with van der Waals surface area (Å²) >= 11 is 0. The van der Waals surface area contributed by atoms with Gasteiger partial charge in [-0.25, -0.2) is 0 Å². The molecule has 0 spiro atoms. The summed E-state index contributed by atoms with van der Waals surface area (Å²) in [6.45, 7) is 3.61. The van der Waals surface area contributed by atoms with E-state index >= 15 is 0 Å². The van der Waals surface area contributed by atoms with E-state index in [1.54, 1.807) is 0 Å². The van der Waals surface area contributed by atoms with Crippen LogP contribution in [0.1, 0.15) is 32.6 Å². The monoisotopic (exact) mass is 199 g/mol. The van der Waals surface area contributed by atoms with Crippen LogP contribution in [-0.2, 0) is 4.79 Å². The highest BCUT2D eigenvalue weighted by atomic mass is 16.2. The molecule has 0 radical (unpaired) electrons. The molecule has 1 saturated heterocycles. The van der Waals surface area contributed by atoms with E-state index < -0.39 is 6.04 Å². The van der Waals surface area contributed by atoms with Gasteiger partial charge in [0.15, 0.2) is 0 Å². The van der Waals surface area contributed by atoms with Crippen LogP contribution in [0.15, 0.2) is 0 Å². The third-order valence-electron chi connectivity index (χ3n) is 2.61. The Morgan fingerprint density at radius 1 is 1.29 bits per heavy atom. The zero-order valence-electron chi connectivity index (χ0n) is 8.91. The minimum atomic E-state index is -0.409. The van der Waals surface area contributed by atoms with E-state index in [0.717, 1.165) is 25.9 Å². The molecule has 0 aromatic heterocycles. The lowest BCUT2D eigenvalue weighted by molar-refractivity contribution is -0.133. The fourth-order valence-corrected chi connectivity index (χ4v) is 1.85. The average molecular weight is 199 g/mol. The maximum atomic E-state index is 11.8. The van der Waals surface area contributed by atoms with E-state index in [9.17, 15) is 4.79 Å². The molecule has 0 aromatic carbocycles. The largest absolute Gasteiger partial charge is 0.341 e. The molecule has 82 valence electrons. The third kappa shape index (κ3) is 3.27. The van der Waals surface area contributed by atoms with E-state index in [-0.39, 0.29) is 11.9 Å². The number of nitrogens with two attached hydrogens (primary N) is 2. The fraction of sp³-hybridized carbons (Fsp3) is 0.900. The van der Waals surface area contributed by atoms with Crippen molar-refractivity contribution in [1.29, 1.82) is 0 Å². The lowest BCUT2D eigenvalue weighted by Gasteiger charge is -2.29. The van der Waals surface area contributed by atoms with Crippen LogP contribution in [0.25, 0.3) is 0 Å². The normalized spacial score (nSPS) is 21.8. The Labute approximate surface area is 85.6 Å². The second-order valence-electron chi connectivity index (χ2n) is 4.21. The van der Waals surface area contributed by atoms with Crippen LogP contribution in [0, 0.1) is 0 Å². The summed E-state index contributed by atoms with van der Waals surface area (Å²) in [5.41, 5.74) is 11.4. The summed E-state index contributed by atoms with van der Waals surface area (Å²) in [4.78, 5) is 13.7.